The topological polar surface area (TPSA) is 75.4 Å². The van der Waals surface area contributed by atoms with Crippen LogP contribution in [0.1, 0.15) is 18.1 Å². The number of aromatic nitrogens is 1. The average Bonchev–Trinajstić information content (AvgIpc) is 2.52. The minimum atomic E-state index is 0.0608. The molecule has 1 aliphatic heterocycles. The molecule has 6 nitrogen and oxygen atoms in total. The SMILES string of the molecule is CCN1CCN(c2nc(NCCO)cc(C)c2C#N)CC1. The Morgan fingerprint density at radius 1 is 1.38 bits per heavy atom. The summed E-state index contributed by atoms with van der Waals surface area (Å²) < 4.78 is 0. The molecule has 0 amide bonds. The Labute approximate surface area is 126 Å². The fourth-order valence-corrected chi connectivity index (χ4v) is 2.57. The van der Waals surface area contributed by atoms with E-state index in [2.05, 4.69) is 33.1 Å². The summed E-state index contributed by atoms with van der Waals surface area (Å²) >= 11 is 0. The van der Waals surface area contributed by atoms with Gasteiger partial charge < -0.3 is 20.2 Å². The molecule has 0 unspecified atom stereocenters. The smallest absolute Gasteiger partial charge is 0.149 e. The fraction of sp³-hybridized carbons (Fsp3) is 0.600. The summed E-state index contributed by atoms with van der Waals surface area (Å²) in [7, 11) is 0. The average molecular weight is 289 g/mol. The lowest BCUT2D eigenvalue weighted by atomic mass is 10.1. The highest BCUT2D eigenvalue weighted by atomic mass is 16.3. The number of pyridine rings is 1. The van der Waals surface area contributed by atoms with Gasteiger partial charge in [0, 0.05) is 32.7 Å². The quantitative estimate of drug-likeness (QED) is 0.835. The second-order valence-electron chi connectivity index (χ2n) is 5.21. The van der Waals surface area contributed by atoms with Crippen molar-refractivity contribution >= 4 is 11.6 Å². The van der Waals surface area contributed by atoms with E-state index in [9.17, 15) is 5.26 Å². The van der Waals surface area contributed by atoms with Gasteiger partial charge in [0.05, 0.1) is 12.2 Å². The summed E-state index contributed by atoms with van der Waals surface area (Å²) in [6.45, 7) is 9.44. The van der Waals surface area contributed by atoms with Gasteiger partial charge in [-0.15, -0.1) is 0 Å². The van der Waals surface area contributed by atoms with E-state index in [1.807, 2.05) is 13.0 Å². The van der Waals surface area contributed by atoms with Crippen molar-refractivity contribution in [2.45, 2.75) is 13.8 Å². The molecule has 6 heteroatoms. The van der Waals surface area contributed by atoms with Gasteiger partial charge >= 0.3 is 0 Å². The number of anilines is 2. The zero-order valence-electron chi connectivity index (χ0n) is 12.8. The summed E-state index contributed by atoms with van der Waals surface area (Å²) in [5.41, 5.74) is 1.57. The van der Waals surface area contributed by atoms with Crippen LogP contribution in [-0.2, 0) is 0 Å². The first-order chi connectivity index (χ1) is 10.2. The van der Waals surface area contributed by atoms with E-state index < -0.39 is 0 Å². The summed E-state index contributed by atoms with van der Waals surface area (Å²) in [6, 6.07) is 4.14. The summed E-state index contributed by atoms with van der Waals surface area (Å²) in [6.07, 6.45) is 0. The Morgan fingerprint density at radius 3 is 2.67 bits per heavy atom. The molecule has 1 aromatic rings. The van der Waals surface area contributed by atoms with E-state index in [0.29, 0.717) is 17.9 Å². The minimum Gasteiger partial charge on any atom is -0.395 e. The largest absolute Gasteiger partial charge is 0.395 e. The van der Waals surface area contributed by atoms with Crippen LogP contribution in [0, 0.1) is 18.3 Å². The van der Waals surface area contributed by atoms with Gasteiger partial charge in [0.15, 0.2) is 0 Å². The molecular formula is C15H23N5O. The number of nitriles is 1. The summed E-state index contributed by atoms with van der Waals surface area (Å²) in [5, 5.41) is 21.4. The van der Waals surface area contributed by atoms with Crippen LogP contribution in [0.15, 0.2) is 6.07 Å². The Hall–Kier alpha value is -1.84. The van der Waals surface area contributed by atoms with Crippen LogP contribution in [-0.4, -0.2) is 60.9 Å². The molecule has 0 saturated carbocycles. The number of nitrogens with zero attached hydrogens (tertiary/aromatic N) is 4. The minimum absolute atomic E-state index is 0.0608. The molecule has 1 saturated heterocycles. The van der Waals surface area contributed by atoms with Gasteiger partial charge in [0.1, 0.15) is 17.7 Å². The third-order valence-corrected chi connectivity index (χ3v) is 3.85. The van der Waals surface area contributed by atoms with Crippen LogP contribution < -0.4 is 10.2 Å². The Kier molecular flexibility index (Phi) is 5.37. The molecule has 1 aliphatic rings. The predicted octanol–water partition coefficient (Wildman–Crippen LogP) is 0.808. The molecule has 2 N–H and O–H groups in total. The van der Waals surface area contributed by atoms with E-state index in [0.717, 1.165) is 44.1 Å². The molecule has 1 aromatic heterocycles. The molecule has 114 valence electrons. The standard InChI is InChI=1S/C15H23N5O/c1-3-19-5-7-20(8-6-19)15-13(11-16)12(2)10-14(18-15)17-4-9-21/h10,21H,3-9H2,1-2H3,(H,17,18). The van der Waals surface area contributed by atoms with Crippen LogP contribution in [0.5, 0.6) is 0 Å². The number of aryl methyl sites for hydroxylation is 1. The van der Waals surface area contributed by atoms with E-state index in [1.54, 1.807) is 0 Å². The lowest BCUT2D eigenvalue weighted by Crippen LogP contribution is -2.46. The van der Waals surface area contributed by atoms with Crippen molar-refractivity contribution in [3.63, 3.8) is 0 Å². The zero-order valence-corrected chi connectivity index (χ0v) is 12.8. The molecule has 0 atom stereocenters. The van der Waals surface area contributed by atoms with Gasteiger partial charge in [-0.25, -0.2) is 4.98 Å². The molecular weight excluding hydrogens is 266 g/mol. The number of aliphatic hydroxyl groups is 1. The number of aliphatic hydroxyl groups excluding tert-OH is 1. The maximum absolute atomic E-state index is 9.41. The molecule has 0 aliphatic carbocycles. The van der Waals surface area contributed by atoms with Gasteiger partial charge in [-0.05, 0) is 25.1 Å². The number of rotatable bonds is 5. The number of hydrogen-bond donors (Lipinski definition) is 2. The molecule has 2 rings (SSSR count). The van der Waals surface area contributed by atoms with E-state index >= 15 is 0 Å². The molecule has 0 spiro atoms. The van der Waals surface area contributed by atoms with Crippen molar-refractivity contribution in [1.82, 2.24) is 9.88 Å². The van der Waals surface area contributed by atoms with Crippen molar-refractivity contribution in [2.75, 3.05) is 56.1 Å². The van der Waals surface area contributed by atoms with Crippen molar-refractivity contribution in [1.29, 1.82) is 5.26 Å². The van der Waals surface area contributed by atoms with Gasteiger partial charge in [-0.1, -0.05) is 6.92 Å². The Balaban J connectivity index is 2.24. The summed E-state index contributed by atoms with van der Waals surface area (Å²) in [4.78, 5) is 9.15. The highest BCUT2D eigenvalue weighted by Gasteiger charge is 2.21. The third-order valence-electron chi connectivity index (χ3n) is 3.85. The maximum atomic E-state index is 9.41. The fourth-order valence-electron chi connectivity index (χ4n) is 2.57. The molecule has 0 radical (unpaired) electrons. The van der Waals surface area contributed by atoms with Crippen LogP contribution in [0.2, 0.25) is 0 Å². The van der Waals surface area contributed by atoms with Crippen molar-refractivity contribution in [3.8, 4) is 6.07 Å². The second kappa shape index (κ2) is 7.25. The first kappa shape index (κ1) is 15.5. The van der Waals surface area contributed by atoms with Gasteiger partial charge in [0.2, 0.25) is 0 Å². The van der Waals surface area contributed by atoms with Crippen LogP contribution >= 0.6 is 0 Å². The third kappa shape index (κ3) is 3.63. The normalized spacial score (nSPS) is 15.8. The van der Waals surface area contributed by atoms with E-state index in [4.69, 9.17) is 5.11 Å². The van der Waals surface area contributed by atoms with Crippen LogP contribution in [0.3, 0.4) is 0 Å². The molecule has 0 bridgehead atoms. The predicted molar refractivity (Wildman–Crippen MR) is 83.6 cm³/mol. The molecule has 2 heterocycles. The lowest BCUT2D eigenvalue weighted by Gasteiger charge is -2.35. The zero-order chi connectivity index (χ0) is 15.2. The number of nitrogens with one attached hydrogen (secondary N) is 1. The highest BCUT2D eigenvalue weighted by molar-refractivity contribution is 5.62. The second-order valence-corrected chi connectivity index (χ2v) is 5.21. The monoisotopic (exact) mass is 289 g/mol. The first-order valence-corrected chi connectivity index (χ1v) is 7.43. The molecule has 0 aromatic carbocycles. The van der Waals surface area contributed by atoms with Crippen LogP contribution in [0.4, 0.5) is 11.6 Å². The highest BCUT2D eigenvalue weighted by Crippen LogP contribution is 2.25. The van der Waals surface area contributed by atoms with Crippen molar-refractivity contribution in [3.05, 3.63) is 17.2 Å². The number of hydrogen-bond acceptors (Lipinski definition) is 6. The summed E-state index contributed by atoms with van der Waals surface area (Å²) in [5.74, 6) is 1.47. The lowest BCUT2D eigenvalue weighted by molar-refractivity contribution is 0.270. The number of likely N-dealkylation sites (N-methyl/N-ethyl adjacent to an activating group) is 1. The Morgan fingerprint density at radius 2 is 2.10 bits per heavy atom. The molecule has 21 heavy (non-hydrogen) atoms. The van der Waals surface area contributed by atoms with Crippen molar-refractivity contribution in [2.24, 2.45) is 0 Å². The first-order valence-electron chi connectivity index (χ1n) is 7.43. The number of piperazine rings is 1. The van der Waals surface area contributed by atoms with Gasteiger partial charge in [0.25, 0.3) is 0 Å². The van der Waals surface area contributed by atoms with E-state index in [-0.39, 0.29) is 6.61 Å². The maximum Gasteiger partial charge on any atom is 0.149 e. The van der Waals surface area contributed by atoms with Gasteiger partial charge in [-0.3, -0.25) is 0 Å². The van der Waals surface area contributed by atoms with E-state index in [1.165, 1.54) is 0 Å². The molecule has 1 fully saturated rings. The Bertz CT molecular complexity index is 518. The van der Waals surface area contributed by atoms with Crippen LogP contribution in [0.25, 0.3) is 0 Å². The van der Waals surface area contributed by atoms with Crippen molar-refractivity contribution < 1.29 is 5.11 Å². The van der Waals surface area contributed by atoms with Gasteiger partial charge in [-0.2, -0.15) is 5.26 Å².